The van der Waals surface area contributed by atoms with E-state index < -0.39 is 11.7 Å². The monoisotopic (exact) mass is 234 g/mol. The van der Waals surface area contributed by atoms with Crippen LogP contribution in [0.3, 0.4) is 0 Å². The number of aromatic nitrogens is 1. The minimum absolute atomic E-state index is 0.0555. The zero-order valence-corrected chi connectivity index (χ0v) is 8.23. The molecule has 1 heterocycles. The van der Waals surface area contributed by atoms with Crippen molar-refractivity contribution in [1.82, 2.24) is 4.98 Å². The van der Waals surface area contributed by atoms with E-state index in [9.17, 15) is 13.2 Å². The van der Waals surface area contributed by atoms with Gasteiger partial charge in [-0.15, -0.1) is 0 Å². The molecule has 1 aromatic heterocycles. The van der Waals surface area contributed by atoms with Crippen molar-refractivity contribution in [3.05, 3.63) is 28.5 Å². The van der Waals surface area contributed by atoms with Crippen molar-refractivity contribution in [2.45, 2.75) is 19.0 Å². The minimum Gasteiger partial charge on any atom is -0.259 e. The number of rotatable bonds is 2. The molecule has 0 aliphatic carbocycles. The topological polar surface area (TPSA) is 36.7 Å². The molecule has 15 heavy (non-hydrogen) atoms. The second kappa shape index (κ2) is 4.49. The molecule has 0 aliphatic heterocycles. The number of halogens is 4. The maximum atomic E-state index is 12.2. The molecular weight excluding hydrogens is 229 g/mol. The Balaban J connectivity index is 2.94. The lowest BCUT2D eigenvalue weighted by Gasteiger charge is -2.07. The molecule has 0 atom stereocenters. The number of hydrogen-bond acceptors (Lipinski definition) is 2. The van der Waals surface area contributed by atoms with Crippen LogP contribution in [0.2, 0.25) is 5.02 Å². The summed E-state index contributed by atoms with van der Waals surface area (Å²) in [7, 11) is 0. The number of pyridine rings is 1. The van der Waals surface area contributed by atoms with E-state index in [1.54, 1.807) is 0 Å². The zero-order chi connectivity index (χ0) is 11.5. The summed E-state index contributed by atoms with van der Waals surface area (Å²) in [5.74, 6) is 0. The molecular formula is C9H6ClF3N2. The normalized spacial score (nSPS) is 11.1. The highest BCUT2D eigenvalue weighted by molar-refractivity contribution is 6.31. The van der Waals surface area contributed by atoms with E-state index in [2.05, 4.69) is 4.98 Å². The van der Waals surface area contributed by atoms with Crippen molar-refractivity contribution in [2.24, 2.45) is 0 Å². The van der Waals surface area contributed by atoms with Gasteiger partial charge in [0.2, 0.25) is 0 Å². The van der Waals surface area contributed by atoms with Crippen molar-refractivity contribution in [3.8, 4) is 6.07 Å². The van der Waals surface area contributed by atoms with Gasteiger partial charge in [-0.2, -0.15) is 18.4 Å². The van der Waals surface area contributed by atoms with Gasteiger partial charge >= 0.3 is 6.18 Å². The average molecular weight is 235 g/mol. The summed E-state index contributed by atoms with van der Waals surface area (Å²) in [5.41, 5.74) is -0.570. The van der Waals surface area contributed by atoms with Crippen LogP contribution in [0.25, 0.3) is 0 Å². The fourth-order valence-corrected chi connectivity index (χ4v) is 1.24. The molecule has 0 aliphatic rings. The van der Waals surface area contributed by atoms with Crippen LogP contribution in [0.4, 0.5) is 13.2 Å². The standard InChI is InChI=1S/C9H6ClF3N2/c10-7-4-6(9(11,12)13)5-15-8(7)2-1-3-14/h4-5H,1-2H2. The molecule has 2 nitrogen and oxygen atoms in total. The van der Waals surface area contributed by atoms with Crippen LogP contribution in [0.15, 0.2) is 12.3 Å². The third-order valence-corrected chi connectivity index (χ3v) is 2.05. The molecule has 0 saturated heterocycles. The van der Waals surface area contributed by atoms with Gasteiger partial charge in [-0.3, -0.25) is 4.98 Å². The highest BCUT2D eigenvalue weighted by Gasteiger charge is 2.31. The minimum atomic E-state index is -4.44. The van der Waals surface area contributed by atoms with Gasteiger partial charge in [-0.1, -0.05) is 11.6 Å². The lowest BCUT2D eigenvalue weighted by molar-refractivity contribution is -0.137. The fraction of sp³-hybridized carbons (Fsp3) is 0.333. The van der Waals surface area contributed by atoms with Gasteiger partial charge < -0.3 is 0 Å². The highest BCUT2D eigenvalue weighted by Crippen LogP contribution is 2.31. The molecule has 0 aromatic carbocycles. The van der Waals surface area contributed by atoms with Gasteiger partial charge in [0, 0.05) is 19.0 Å². The molecule has 0 unspecified atom stereocenters. The van der Waals surface area contributed by atoms with E-state index >= 15 is 0 Å². The maximum Gasteiger partial charge on any atom is 0.417 e. The molecule has 0 saturated carbocycles. The summed E-state index contributed by atoms with van der Waals surface area (Å²) in [6, 6.07) is 2.69. The van der Waals surface area contributed by atoms with Gasteiger partial charge in [-0.05, 0) is 6.07 Å². The molecule has 1 aromatic rings. The molecule has 6 heteroatoms. The number of alkyl halides is 3. The van der Waals surface area contributed by atoms with Crippen LogP contribution < -0.4 is 0 Å². The predicted molar refractivity (Wildman–Crippen MR) is 48.2 cm³/mol. The third-order valence-electron chi connectivity index (χ3n) is 1.72. The third kappa shape index (κ3) is 3.10. The van der Waals surface area contributed by atoms with Crippen LogP contribution in [0.5, 0.6) is 0 Å². The van der Waals surface area contributed by atoms with E-state index in [1.165, 1.54) is 0 Å². The van der Waals surface area contributed by atoms with Crippen molar-refractivity contribution >= 4 is 11.6 Å². The number of nitrogens with zero attached hydrogens (tertiary/aromatic N) is 2. The Hall–Kier alpha value is -1.28. The van der Waals surface area contributed by atoms with Crippen molar-refractivity contribution in [2.75, 3.05) is 0 Å². The Kier molecular flexibility index (Phi) is 3.53. The van der Waals surface area contributed by atoms with Crippen LogP contribution in [0, 0.1) is 11.3 Å². The molecule has 0 spiro atoms. The first-order valence-electron chi connectivity index (χ1n) is 4.03. The summed E-state index contributed by atoms with van der Waals surface area (Å²) in [5, 5.41) is 8.25. The van der Waals surface area contributed by atoms with Gasteiger partial charge in [0.05, 0.1) is 22.3 Å². The molecule has 0 radical (unpaired) electrons. The van der Waals surface area contributed by atoms with E-state index in [1.807, 2.05) is 6.07 Å². The van der Waals surface area contributed by atoms with Gasteiger partial charge in [0.25, 0.3) is 0 Å². The summed E-state index contributed by atoms with van der Waals surface area (Å²) in [6.45, 7) is 0. The number of aryl methyl sites for hydroxylation is 1. The summed E-state index contributed by atoms with van der Waals surface area (Å²) in [4.78, 5) is 3.58. The second-order valence-corrected chi connectivity index (χ2v) is 3.22. The Bertz CT molecular complexity index is 395. The van der Waals surface area contributed by atoms with Crippen LogP contribution >= 0.6 is 11.6 Å². The highest BCUT2D eigenvalue weighted by atomic mass is 35.5. The van der Waals surface area contributed by atoms with Gasteiger partial charge in [0.15, 0.2) is 0 Å². The summed E-state index contributed by atoms with van der Waals surface area (Å²) < 4.78 is 36.6. The van der Waals surface area contributed by atoms with Crippen molar-refractivity contribution in [1.29, 1.82) is 5.26 Å². The molecule has 0 N–H and O–H groups in total. The molecule has 0 bridgehead atoms. The smallest absolute Gasteiger partial charge is 0.259 e. The van der Waals surface area contributed by atoms with E-state index in [-0.39, 0.29) is 17.9 Å². The van der Waals surface area contributed by atoms with Crippen molar-refractivity contribution < 1.29 is 13.2 Å². The zero-order valence-electron chi connectivity index (χ0n) is 7.48. The summed E-state index contributed by atoms with van der Waals surface area (Å²) >= 11 is 5.60. The second-order valence-electron chi connectivity index (χ2n) is 2.81. The molecule has 80 valence electrons. The lowest BCUT2D eigenvalue weighted by Crippen LogP contribution is -2.06. The largest absolute Gasteiger partial charge is 0.417 e. The number of hydrogen-bond donors (Lipinski definition) is 0. The molecule has 1 rings (SSSR count). The van der Waals surface area contributed by atoms with E-state index in [4.69, 9.17) is 16.9 Å². The fourth-order valence-electron chi connectivity index (χ4n) is 0.980. The lowest BCUT2D eigenvalue weighted by atomic mass is 10.2. The Morgan fingerprint density at radius 1 is 1.47 bits per heavy atom. The van der Waals surface area contributed by atoms with Crippen LogP contribution in [-0.2, 0) is 12.6 Å². The van der Waals surface area contributed by atoms with Crippen molar-refractivity contribution in [3.63, 3.8) is 0 Å². The first kappa shape index (κ1) is 11.8. The predicted octanol–water partition coefficient (Wildman–Crippen LogP) is 3.21. The van der Waals surface area contributed by atoms with E-state index in [0.29, 0.717) is 5.69 Å². The van der Waals surface area contributed by atoms with Gasteiger partial charge in [-0.25, -0.2) is 0 Å². The maximum absolute atomic E-state index is 12.2. The van der Waals surface area contributed by atoms with Gasteiger partial charge in [0.1, 0.15) is 0 Å². The van der Waals surface area contributed by atoms with E-state index in [0.717, 1.165) is 12.3 Å². The first-order chi connectivity index (χ1) is 6.95. The van der Waals surface area contributed by atoms with Crippen LogP contribution in [0.1, 0.15) is 17.7 Å². The summed E-state index contributed by atoms with van der Waals surface area (Å²) in [6.07, 6.45) is -3.28. The average Bonchev–Trinajstić information content (AvgIpc) is 2.14. The quantitative estimate of drug-likeness (QED) is 0.788. The SMILES string of the molecule is N#CCCc1ncc(C(F)(F)F)cc1Cl. The molecule has 0 fully saturated rings. The Morgan fingerprint density at radius 3 is 2.60 bits per heavy atom. The Morgan fingerprint density at radius 2 is 2.13 bits per heavy atom. The number of nitriles is 1. The Labute approximate surface area is 89.3 Å². The first-order valence-corrected chi connectivity index (χ1v) is 4.41. The molecule has 0 amide bonds. The van der Waals surface area contributed by atoms with Crippen LogP contribution in [-0.4, -0.2) is 4.98 Å².